The van der Waals surface area contributed by atoms with Gasteiger partial charge in [0.1, 0.15) is 0 Å². The topological polar surface area (TPSA) is 78.9 Å². The number of aromatic nitrogens is 6. The van der Waals surface area contributed by atoms with Crippen LogP contribution in [0.1, 0.15) is 39.1 Å². The maximum Gasteiger partial charge on any atom is 0.293 e. The highest BCUT2D eigenvalue weighted by Crippen LogP contribution is 2.43. The van der Waals surface area contributed by atoms with Gasteiger partial charge in [0.15, 0.2) is 0 Å². The van der Waals surface area contributed by atoms with Crippen LogP contribution in [0.15, 0.2) is 49.1 Å². The van der Waals surface area contributed by atoms with Crippen molar-refractivity contribution in [1.29, 1.82) is 0 Å². The molecule has 4 aromatic heterocycles. The fourth-order valence-corrected chi connectivity index (χ4v) is 3.82. The highest BCUT2D eigenvalue weighted by atomic mass is 15.2. The summed E-state index contributed by atoms with van der Waals surface area (Å²) < 4.78 is 3.04. The van der Waals surface area contributed by atoms with Gasteiger partial charge < -0.3 is 19.4 Å². The van der Waals surface area contributed by atoms with Gasteiger partial charge in [-0.25, -0.2) is 19.1 Å². The van der Waals surface area contributed by atoms with Gasteiger partial charge in [-0.05, 0) is 12.1 Å². The van der Waals surface area contributed by atoms with Crippen molar-refractivity contribution in [2.45, 2.75) is 38.5 Å². The van der Waals surface area contributed by atoms with Crippen LogP contribution in [0.4, 0.5) is 23.3 Å². The van der Waals surface area contributed by atoms with E-state index in [1.54, 1.807) is 12.1 Å². The van der Waals surface area contributed by atoms with E-state index in [4.69, 9.17) is 36.3 Å². The summed E-state index contributed by atoms with van der Waals surface area (Å²) in [6.07, 6.45) is 2.88. The van der Waals surface area contributed by atoms with Crippen LogP contribution in [0.3, 0.4) is 0 Å². The minimum atomic E-state index is -0.532. The van der Waals surface area contributed by atoms with E-state index in [1.165, 1.54) is 21.8 Å². The van der Waals surface area contributed by atoms with Crippen LogP contribution in [0.2, 0.25) is 0 Å². The second kappa shape index (κ2) is 8.80. The van der Waals surface area contributed by atoms with E-state index < -0.39 is 10.8 Å². The highest BCUT2D eigenvalue weighted by Gasteiger charge is 2.42. The molecule has 4 rings (SSSR count). The van der Waals surface area contributed by atoms with E-state index in [0.717, 1.165) is 11.4 Å². The lowest BCUT2D eigenvalue weighted by Gasteiger charge is -2.41. The van der Waals surface area contributed by atoms with Crippen molar-refractivity contribution < 1.29 is 0 Å². The Morgan fingerprint density at radius 3 is 1.33 bits per heavy atom. The molecule has 0 aliphatic heterocycles. The number of pyridine rings is 2. The first-order valence-electron chi connectivity index (χ1n) is 10.8. The Bertz CT molecular complexity index is 1520. The number of hydrogen-bond donors (Lipinski definition) is 0. The minimum Gasteiger partial charge on any atom is -0.373 e. The van der Waals surface area contributed by atoms with E-state index >= 15 is 0 Å². The summed E-state index contributed by atoms with van der Waals surface area (Å²) in [7, 11) is 0. The van der Waals surface area contributed by atoms with Gasteiger partial charge in [0, 0.05) is 23.0 Å². The Hall–Kier alpha value is -5.32. The van der Waals surface area contributed by atoms with E-state index in [2.05, 4.69) is 57.0 Å². The zero-order valence-electron chi connectivity index (χ0n) is 20.1. The first-order chi connectivity index (χ1) is 17.2. The first-order valence-corrected chi connectivity index (χ1v) is 10.8. The van der Waals surface area contributed by atoms with Crippen molar-refractivity contribution in [1.82, 2.24) is 29.1 Å². The summed E-state index contributed by atoms with van der Waals surface area (Å²) >= 11 is 0. The Morgan fingerprint density at radius 2 is 1.00 bits per heavy atom. The third-order valence-corrected chi connectivity index (χ3v) is 6.68. The molecule has 36 heavy (non-hydrogen) atoms. The third kappa shape index (κ3) is 3.64. The third-order valence-electron chi connectivity index (χ3n) is 6.68. The molecular weight excluding hydrogens is 452 g/mol. The number of imidazole rings is 2. The Morgan fingerprint density at radius 1 is 0.611 bits per heavy atom. The number of rotatable bonds is 5. The van der Waals surface area contributed by atoms with Gasteiger partial charge in [-0.1, -0.05) is 76.1 Å². The van der Waals surface area contributed by atoms with Gasteiger partial charge in [-0.2, -0.15) is 0 Å². The van der Waals surface area contributed by atoms with Crippen molar-refractivity contribution in [2.24, 2.45) is 0 Å². The predicted molar refractivity (Wildman–Crippen MR) is 134 cm³/mol. The molecule has 0 aliphatic carbocycles. The lowest BCUT2D eigenvalue weighted by atomic mass is 9.64. The van der Waals surface area contributed by atoms with E-state index in [1.807, 2.05) is 24.3 Å². The fraction of sp³-hybridized carbons (Fsp3) is 0.231. The standard InChI is InChI=1S/C26H20N10/c1-25(2,17-11-9-13-19(33-17)35-15-31-21(27-5)23(35)29-7)26(3,4)18-12-10-14-20(34-18)36-16-32-22(28-6)24(36)30-8/h9-16H,1-4H3. The second-order valence-electron chi connectivity index (χ2n) is 8.98. The largest absolute Gasteiger partial charge is 0.373 e. The molecule has 0 N–H and O–H groups in total. The molecule has 0 unspecified atom stereocenters. The highest BCUT2D eigenvalue weighted by molar-refractivity contribution is 5.65. The van der Waals surface area contributed by atoms with Crippen LogP contribution < -0.4 is 0 Å². The zero-order valence-corrected chi connectivity index (χ0v) is 20.1. The summed E-state index contributed by atoms with van der Waals surface area (Å²) in [4.78, 5) is 31.3. The molecule has 0 saturated carbocycles. The molecule has 0 aromatic carbocycles. The average Bonchev–Trinajstić information content (AvgIpc) is 3.52. The minimum absolute atomic E-state index is 0.0393. The van der Waals surface area contributed by atoms with Crippen LogP contribution in [0.5, 0.6) is 0 Å². The quantitative estimate of drug-likeness (QED) is 0.319. The summed E-state index contributed by atoms with van der Waals surface area (Å²) in [6.45, 7) is 37.7. The molecule has 0 atom stereocenters. The molecule has 10 nitrogen and oxygen atoms in total. The van der Waals surface area contributed by atoms with Crippen molar-refractivity contribution in [3.8, 4) is 11.6 Å². The number of hydrogen-bond acceptors (Lipinski definition) is 4. The summed E-state index contributed by atoms with van der Waals surface area (Å²) in [5.74, 6) is 1.32. The molecule has 10 heteroatoms. The molecule has 174 valence electrons. The van der Waals surface area contributed by atoms with Gasteiger partial charge in [-0.3, -0.25) is 0 Å². The smallest absolute Gasteiger partial charge is 0.293 e. The predicted octanol–water partition coefficient (Wildman–Crippen LogP) is 6.31. The molecule has 0 saturated heterocycles. The summed E-state index contributed by atoms with van der Waals surface area (Å²) in [5, 5.41) is 0. The Kier molecular flexibility index (Phi) is 5.82. The zero-order chi connectivity index (χ0) is 26.1. The lowest BCUT2D eigenvalue weighted by molar-refractivity contribution is 0.288. The van der Waals surface area contributed by atoms with E-state index in [0.29, 0.717) is 11.6 Å². The van der Waals surface area contributed by atoms with Crippen molar-refractivity contribution in [3.63, 3.8) is 0 Å². The monoisotopic (exact) mass is 472 g/mol. The van der Waals surface area contributed by atoms with Crippen LogP contribution in [0, 0.1) is 26.3 Å². The summed E-state index contributed by atoms with van der Waals surface area (Å²) in [6, 6.07) is 11.1. The molecule has 0 aliphatic rings. The first kappa shape index (κ1) is 23.8. The van der Waals surface area contributed by atoms with Gasteiger partial charge in [0.2, 0.25) is 11.6 Å². The van der Waals surface area contributed by atoms with Gasteiger partial charge in [-0.15, -0.1) is 0 Å². The van der Waals surface area contributed by atoms with Crippen molar-refractivity contribution in [2.75, 3.05) is 0 Å². The van der Waals surface area contributed by atoms with Crippen molar-refractivity contribution >= 4 is 23.3 Å². The Balaban J connectivity index is 1.78. The van der Waals surface area contributed by atoms with Crippen LogP contribution in [-0.4, -0.2) is 29.1 Å². The normalized spacial score (nSPS) is 11.2. The molecule has 0 bridgehead atoms. The van der Waals surface area contributed by atoms with Gasteiger partial charge in [0.05, 0.1) is 11.4 Å². The van der Waals surface area contributed by atoms with Crippen LogP contribution >= 0.6 is 0 Å². The molecule has 0 spiro atoms. The van der Waals surface area contributed by atoms with Gasteiger partial charge >= 0.3 is 0 Å². The molecule has 0 radical (unpaired) electrons. The van der Waals surface area contributed by atoms with E-state index in [9.17, 15) is 0 Å². The molecular formula is C26H20N10. The molecule has 4 aromatic rings. The lowest BCUT2D eigenvalue weighted by Crippen LogP contribution is -2.42. The van der Waals surface area contributed by atoms with Crippen LogP contribution in [0.25, 0.3) is 31.0 Å². The molecule has 4 heterocycles. The molecule has 0 amide bonds. The number of nitrogens with zero attached hydrogens (tertiary/aromatic N) is 10. The average molecular weight is 473 g/mol. The van der Waals surface area contributed by atoms with Gasteiger partial charge in [0.25, 0.3) is 35.9 Å². The maximum absolute atomic E-state index is 7.46. The SMILES string of the molecule is [C-]#[N+]c1ncn(-c2cccc(C(C)(C)C(C)(C)c3cccc(-n4cnc([N+]#[C-])c4[N+]#[C-])n3)n2)c1[N+]#[C-]. The Labute approximate surface area is 208 Å². The van der Waals surface area contributed by atoms with Crippen molar-refractivity contribution in [3.05, 3.63) is 106 Å². The van der Waals surface area contributed by atoms with Crippen LogP contribution in [-0.2, 0) is 10.8 Å². The fourth-order valence-electron chi connectivity index (χ4n) is 3.82. The van der Waals surface area contributed by atoms with E-state index in [-0.39, 0.29) is 23.3 Å². The molecule has 0 fully saturated rings. The second-order valence-corrected chi connectivity index (χ2v) is 8.98. The summed E-state index contributed by atoms with van der Waals surface area (Å²) in [5.41, 5.74) is 0.474. The maximum atomic E-state index is 7.46.